The zero-order valence-corrected chi connectivity index (χ0v) is 14.7. The van der Waals surface area contributed by atoms with E-state index < -0.39 is 11.4 Å². The molecule has 0 spiro atoms. The minimum absolute atomic E-state index is 0.0221. The molecule has 26 heavy (non-hydrogen) atoms. The zero-order chi connectivity index (χ0) is 18.0. The lowest BCUT2D eigenvalue weighted by Crippen LogP contribution is -2.64. The minimum Gasteiger partial charge on any atom is -0.481 e. The Kier molecular flexibility index (Phi) is 4.55. The van der Waals surface area contributed by atoms with E-state index in [4.69, 9.17) is 0 Å². The number of fused-ring (bicyclic) bond motifs is 1. The fraction of sp³-hybridized carbons (Fsp3) is 0.474. The van der Waals surface area contributed by atoms with Crippen LogP contribution >= 0.6 is 0 Å². The van der Waals surface area contributed by atoms with E-state index in [0.717, 1.165) is 38.0 Å². The number of nitrogens with zero attached hydrogens (tertiary/aromatic N) is 5. The Morgan fingerprint density at radius 2 is 2.08 bits per heavy atom. The molecule has 7 heteroatoms. The topological polar surface area (TPSA) is 82.5 Å². The van der Waals surface area contributed by atoms with Crippen molar-refractivity contribution in [3.8, 4) is 0 Å². The third-order valence-corrected chi connectivity index (χ3v) is 5.66. The molecule has 1 N–H and O–H groups in total. The van der Waals surface area contributed by atoms with Gasteiger partial charge in [-0.1, -0.05) is 6.07 Å². The van der Waals surface area contributed by atoms with Gasteiger partial charge < -0.3 is 10.0 Å². The number of aromatic nitrogens is 3. The molecular formula is C19H23N5O2. The highest BCUT2D eigenvalue weighted by molar-refractivity contribution is 5.77. The summed E-state index contributed by atoms with van der Waals surface area (Å²) in [4.78, 5) is 29.6. The van der Waals surface area contributed by atoms with Crippen molar-refractivity contribution in [2.45, 2.75) is 31.8 Å². The molecule has 2 atom stereocenters. The maximum atomic E-state index is 12.4. The van der Waals surface area contributed by atoms with Gasteiger partial charge in [0.25, 0.3) is 0 Å². The molecule has 2 aliphatic rings. The number of anilines is 1. The van der Waals surface area contributed by atoms with E-state index in [0.29, 0.717) is 18.9 Å². The molecule has 0 bridgehead atoms. The first kappa shape index (κ1) is 16.9. The van der Waals surface area contributed by atoms with Gasteiger partial charge in [0.05, 0.1) is 0 Å². The van der Waals surface area contributed by atoms with Crippen molar-refractivity contribution in [2.24, 2.45) is 5.41 Å². The molecule has 4 heterocycles. The quantitative estimate of drug-likeness (QED) is 0.898. The van der Waals surface area contributed by atoms with E-state index in [-0.39, 0.29) is 6.04 Å². The van der Waals surface area contributed by atoms with Crippen molar-refractivity contribution in [1.82, 2.24) is 19.9 Å². The van der Waals surface area contributed by atoms with Crippen LogP contribution in [0.5, 0.6) is 0 Å². The zero-order valence-electron chi connectivity index (χ0n) is 14.7. The average Bonchev–Trinajstić information content (AvgIpc) is 2.69. The highest BCUT2D eigenvalue weighted by Gasteiger charge is 2.53. The Morgan fingerprint density at radius 3 is 2.81 bits per heavy atom. The van der Waals surface area contributed by atoms with Crippen LogP contribution < -0.4 is 4.90 Å². The second-order valence-electron chi connectivity index (χ2n) is 7.17. The maximum Gasteiger partial charge on any atom is 0.313 e. The Bertz CT molecular complexity index is 757. The molecule has 0 amide bonds. The number of carbonyl (C=O) groups is 1. The first-order valence-corrected chi connectivity index (χ1v) is 9.07. The number of carboxylic acids is 1. The predicted octanol–water partition coefficient (Wildman–Crippen LogP) is 1.82. The summed E-state index contributed by atoms with van der Waals surface area (Å²) in [6.07, 6.45) is 9.41. The van der Waals surface area contributed by atoms with Crippen LogP contribution in [-0.4, -0.2) is 56.6 Å². The predicted molar refractivity (Wildman–Crippen MR) is 96.6 cm³/mol. The van der Waals surface area contributed by atoms with Crippen molar-refractivity contribution in [2.75, 3.05) is 24.5 Å². The van der Waals surface area contributed by atoms with Crippen molar-refractivity contribution in [1.29, 1.82) is 0 Å². The maximum absolute atomic E-state index is 12.4. The van der Waals surface area contributed by atoms with Gasteiger partial charge in [0.15, 0.2) is 0 Å². The number of aliphatic carboxylic acids is 1. The van der Waals surface area contributed by atoms with Gasteiger partial charge in [-0.25, -0.2) is 9.97 Å². The van der Waals surface area contributed by atoms with E-state index in [1.807, 2.05) is 17.2 Å². The third-order valence-electron chi connectivity index (χ3n) is 5.66. The fourth-order valence-corrected chi connectivity index (χ4v) is 4.47. The first-order valence-electron chi connectivity index (χ1n) is 9.07. The van der Waals surface area contributed by atoms with Crippen LogP contribution in [0.1, 0.15) is 24.8 Å². The molecule has 7 nitrogen and oxygen atoms in total. The number of piperidine rings is 2. The van der Waals surface area contributed by atoms with Gasteiger partial charge >= 0.3 is 5.97 Å². The summed E-state index contributed by atoms with van der Waals surface area (Å²) in [6, 6.07) is 5.78. The molecule has 4 rings (SSSR count). The summed E-state index contributed by atoms with van der Waals surface area (Å²) < 4.78 is 0. The second-order valence-corrected chi connectivity index (χ2v) is 7.17. The Morgan fingerprint density at radius 1 is 1.23 bits per heavy atom. The molecule has 0 aromatic carbocycles. The normalized spacial score (nSPS) is 26.3. The van der Waals surface area contributed by atoms with E-state index in [9.17, 15) is 9.90 Å². The largest absolute Gasteiger partial charge is 0.481 e. The van der Waals surface area contributed by atoms with Gasteiger partial charge in [0.2, 0.25) is 5.95 Å². The van der Waals surface area contributed by atoms with Crippen LogP contribution in [-0.2, 0) is 11.3 Å². The van der Waals surface area contributed by atoms with Gasteiger partial charge in [0.1, 0.15) is 5.41 Å². The van der Waals surface area contributed by atoms with Crippen LogP contribution in [0.2, 0.25) is 0 Å². The lowest BCUT2D eigenvalue weighted by molar-refractivity contribution is -0.158. The molecule has 2 aromatic heterocycles. The molecule has 2 aromatic rings. The highest BCUT2D eigenvalue weighted by Crippen LogP contribution is 2.43. The van der Waals surface area contributed by atoms with E-state index in [1.54, 1.807) is 24.7 Å². The average molecular weight is 353 g/mol. The molecular weight excluding hydrogens is 330 g/mol. The molecule has 2 saturated heterocycles. The van der Waals surface area contributed by atoms with Crippen molar-refractivity contribution in [3.63, 3.8) is 0 Å². The smallest absolute Gasteiger partial charge is 0.313 e. The van der Waals surface area contributed by atoms with Crippen LogP contribution in [0.4, 0.5) is 5.95 Å². The first-order chi connectivity index (χ1) is 12.7. The van der Waals surface area contributed by atoms with E-state index in [2.05, 4.69) is 25.9 Å². The SMILES string of the molecule is O=C(O)[C@]12CCCN(Cc3cccnc3)[C@@H]1CCN(c1ncccn1)C2. The third kappa shape index (κ3) is 3.03. The van der Waals surface area contributed by atoms with Crippen molar-refractivity contribution >= 4 is 11.9 Å². The number of carboxylic acid groups (broad SMARTS) is 1. The number of rotatable bonds is 4. The van der Waals surface area contributed by atoms with Crippen LogP contribution in [0.15, 0.2) is 43.0 Å². The standard InChI is InChI=1S/C19H23N5O2/c25-17(26)19-6-2-10-23(13-15-4-1-7-20-12-15)16(19)5-11-24(14-19)18-21-8-3-9-22-18/h1,3-4,7-9,12,16H,2,5-6,10-11,13-14H2,(H,25,26)/t16-,19+/m1/s1. The molecule has 2 aliphatic heterocycles. The van der Waals surface area contributed by atoms with Gasteiger partial charge in [-0.15, -0.1) is 0 Å². The Labute approximate surface area is 152 Å². The molecule has 2 fully saturated rings. The molecule has 0 saturated carbocycles. The van der Waals surface area contributed by atoms with Crippen LogP contribution in [0.25, 0.3) is 0 Å². The summed E-state index contributed by atoms with van der Waals surface area (Å²) in [5.74, 6) is -0.0880. The Hall–Kier alpha value is -2.54. The molecule has 0 unspecified atom stereocenters. The monoisotopic (exact) mass is 353 g/mol. The highest BCUT2D eigenvalue weighted by atomic mass is 16.4. The number of likely N-dealkylation sites (tertiary alicyclic amines) is 1. The summed E-state index contributed by atoms with van der Waals surface area (Å²) in [7, 11) is 0. The number of pyridine rings is 1. The molecule has 136 valence electrons. The van der Waals surface area contributed by atoms with Gasteiger partial charge in [0, 0.05) is 50.5 Å². The number of hydrogen-bond acceptors (Lipinski definition) is 6. The summed E-state index contributed by atoms with van der Waals surface area (Å²) >= 11 is 0. The van der Waals surface area contributed by atoms with Crippen molar-refractivity contribution < 1.29 is 9.90 Å². The fourth-order valence-electron chi connectivity index (χ4n) is 4.47. The molecule has 0 radical (unpaired) electrons. The minimum atomic E-state index is -0.780. The van der Waals surface area contributed by atoms with Crippen molar-refractivity contribution in [3.05, 3.63) is 48.5 Å². The van der Waals surface area contributed by atoms with E-state index >= 15 is 0 Å². The van der Waals surface area contributed by atoms with Crippen LogP contribution in [0, 0.1) is 5.41 Å². The van der Waals surface area contributed by atoms with Gasteiger partial charge in [-0.2, -0.15) is 0 Å². The lowest BCUT2D eigenvalue weighted by Gasteiger charge is -2.52. The lowest BCUT2D eigenvalue weighted by atomic mass is 9.69. The van der Waals surface area contributed by atoms with Gasteiger partial charge in [-0.05, 0) is 43.5 Å². The molecule has 0 aliphatic carbocycles. The summed E-state index contributed by atoms with van der Waals surface area (Å²) in [5.41, 5.74) is 0.347. The second kappa shape index (κ2) is 6.99. The Balaban J connectivity index is 1.60. The summed E-state index contributed by atoms with van der Waals surface area (Å²) in [6.45, 7) is 2.90. The van der Waals surface area contributed by atoms with Gasteiger partial charge in [-0.3, -0.25) is 14.7 Å². The summed E-state index contributed by atoms with van der Waals surface area (Å²) in [5, 5.41) is 10.2. The van der Waals surface area contributed by atoms with Crippen LogP contribution in [0.3, 0.4) is 0 Å². The van der Waals surface area contributed by atoms with E-state index in [1.165, 1.54) is 0 Å². The number of hydrogen-bond donors (Lipinski definition) is 1.